The van der Waals surface area contributed by atoms with E-state index in [1.54, 1.807) is 6.07 Å². The SMILES string of the molecule is COc1cc(Br)c(Br)c([N+](=O)[O-])c1OC. The molecule has 0 N–H and O–H groups in total. The van der Waals surface area contributed by atoms with Crippen molar-refractivity contribution in [2.24, 2.45) is 0 Å². The number of nitro groups is 1. The molecule has 1 aromatic rings. The second kappa shape index (κ2) is 4.80. The molecule has 15 heavy (non-hydrogen) atoms. The summed E-state index contributed by atoms with van der Waals surface area (Å²) in [4.78, 5) is 10.3. The molecule has 82 valence electrons. The highest BCUT2D eigenvalue weighted by Gasteiger charge is 2.26. The van der Waals surface area contributed by atoms with Gasteiger partial charge < -0.3 is 9.47 Å². The fourth-order valence-electron chi connectivity index (χ4n) is 1.09. The highest BCUT2D eigenvalue weighted by molar-refractivity contribution is 9.13. The van der Waals surface area contributed by atoms with Crippen molar-refractivity contribution in [2.75, 3.05) is 14.2 Å². The van der Waals surface area contributed by atoms with Crippen molar-refractivity contribution in [1.82, 2.24) is 0 Å². The van der Waals surface area contributed by atoms with Crippen molar-refractivity contribution < 1.29 is 14.4 Å². The van der Waals surface area contributed by atoms with Crippen LogP contribution in [0.25, 0.3) is 0 Å². The molecule has 0 aromatic heterocycles. The minimum Gasteiger partial charge on any atom is -0.493 e. The van der Waals surface area contributed by atoms with Gasteiger partial charge in [-0.2, -0.15) is 0 Å². The maximum Gasteiger partial charge on any atom is 0.330 e. The van der Waals surface area contributed by atoms with Crippen LogP contribution in [-0.4, -0.2) is 19.1 Å². The lowest BCUT2D eigenvalue weighted by atomic mass is 10.2. The first-order valence-electron chi connectivity index (χ1n) is 3.77. The van der Waals surface area contributed by atoms with Gasteiger partial charge in [0.15, 0.2) is 5.75 Å². The van der Waals surface area contributed by atoms with E-state index in [0.29, 0.717) is 14.7 Å². The van der Waals surface area contributed by atoms with Crippen LogP contribution in [0.15, 0.2) is 15.0 Å². The summed E-state index contributed by atoms with van der Waals surface area (Å²) in [5, 5.41) is 10.8. The molecule has 1 rings (SSSR count). The van der Waals surface area contributed by atoms with Gasteiger partial charge in [-0.1, -0.05) is 0 Å². The Bertz CT molecular complexity index is 408. The molecule has 1 aromatic carbocycles. The monoisotopic (exact) mass is 339 g/mol. The normalized spacial score (nSPS) is 9.87. The van der Waals surface area contributed by atoms with Crippen LogP contribution in [-0.2, 0) is 0 Å². The smallest absolute Gasteiger partial charge is 0.330 e. The number of nitrogens with zero attached hydrogens (tertiary/aromatic N) is 1. The Morgan fingerprint density at radius 2 is 1.93 bits per heavy atom. The number of methoxy groups -OCH3 is 2. The van der Waals surface area contributed by atoms with E-state index in [2.05, 4.69) is 31.9 Å². The molecule has 7 heteroatoms. The third-order valence-electron chi connectivity index (χ3n) is 1.72. The largest absolute Gasteiger partial charge is 0.493 e. The van der Waals surface area contributed by atoms with Gasteiger partial charge >= 0.3 is 5.69 Å². The van der Waals surface area contributed by atoms with E-state index in [0.717, 1.165) is 0 Å². The van der Waals surface area contributed by atoms with Gasteiger partial charge in [0.2, 0.25) is 5.75 Å². The van der Waals surface area contributed by atoms with E-state index in [1.807, 2.05) is 0 Å². The van der Waals surface area contributed by atoms with Crippen LogP contribution in [0.2, 0.25) is 0 Å². The maximum atomic E-state index is 10.8. The van der Waals surface area contributed by atoms with Gasteiger partial charge in [0, 0.05) is 4.47 Å². The zero-order valence-corrected chi connectivity index (χ0v) is 11.1. The number of halogens is 2. The molecule has 5 nitrogen and oxygen atoms in total. The summed E-state index contributed by atoms with van der Waals surface area (Å²) >= 11 is 6.29. The lowest BCUT2D eigenvalue weighted by Gasteiger charge is -2.09. The summed E-state index contributed by atoms with van der Waals surface area (Å²) in [6.45, 7) is 0. The van der Waals surface area contributed by atoms with Crippen LogP contribution in [0.4, 0.5) is 5.69 Å². The molecule has 0 bridgehead atoms. The maximum absolute atomic E-state index is 10.8. The van der Waals surface area contributed by atoms with E-state index in [-0.39, 0.29) is 11.4 Å². The van der Waals surface area contributed by atoms with Gasteiger partial charge in [-0.15, -0.1) is 0 Å². The summed E-state index contributed by atoms with van der Waals surface area (Å²) in [5.41, 5.74) is -0.163. The van der Waals surface area contributed by atoms with Crippen LogP contribution >= 0.6 is 31.9 Å². The Morgan fingerprint density at radius 1 is 1.33 bits per heavy atom. The number of nitro benzene ring substituents is 1. The van der Waals surface area contributed by atoms with Crippen molar-refractivity contribution in [3.8, 4) is 11.5 Å². The highest BCUT2D eigenvalue weighted by Crippen LogP contribution is 2.46. The molecule has 0 atom stereocenters. The van der Waals surface area contributed by atoms with E-state index in [1.165, 1.54) is 14.2 Å². The summed E-state index contributed by atoms with van der Waals surface area (Å²) in [5.74, 6) is 0.400. The minimum atomic E-state index is -0.532. The second-order valence-corrected chi connectivity index (χ2v) is 4.16. The number of hydrogen-bond donors (Lipinski definition) is 0. The molecule has 0 heterocycles. The fraction of sp³-hybridized carbons (Fsp3) is 0.250. The predicted octanol–water partition coefficient (Wildman–Crippen LogP) is 3.14. The Morgan fingerprint density at radius 3 is 2.33 bits per heavy atom. The van der Waals surface area contributed by atoms with Crippen molar-refractivity contribution in [3.05, 3.63) is 25.1 Å². The average molecular weight is 341 g/mol. The number of benzene rings is 1. The molecule has 0 aliphatic carbocycles. The minimum absolute atomic E-state index is 0.0950. The first-order chi connectivity index (χ1) is 7.02. The molecule has 0 aliphatic rings. The van der Waals surface area contributed by atoms with E-state index >= 15 is 0 Å². The topological polar surface area (TPSA) is 61.6 Å². The van der Waals surface area contributed by atoms with Crippen molar-refractivity contribution in [2.45, 2.75) is 0 Å². The quantitative estimate of drug-likeness (QED) is 0.626. The van der Waals surface area contributed by atoms with Crippen LogP contribution in [0.5, 0.6) is 11.5 Å². The summed E-state index contributed by atoms with van der Waals surface area (Å²) < 4.78 is 10.8. The second-order valence-electron chi connectivity index (χ2n) is 2.51. The molecular formula is C8H7Br2NO4. The third-order valence-corrected chi connectivity index (χ3v) is 3.68. The molecule has 0 radical (unpaired) electrons. The van der Waals surface area contributed by atoms with Gasteiger partial charge in [-0.25, -0.2) is 0 Å². The molecule has 0 saturated carbocycles. The summed E-state index contributed by atoms with van der Waals surface area (Å²) in [7, 11) is 2.77. The number of ether oxygens (including phenoxy) is 2. The molecule has 0 aliphatic heterocycles. The first kappa shape index (κ1) is 12.3. The van der Waals surface area contributed by atoms with Crippen LogP contribution < -0.4 is 9.47 Å². The molecule has 0 fully saturated rings. The molecule has 0 unspecified atom stereocenters. The molecule has 0 amide bonds. The van der Waals surface area contributed by atoms with Crippen molar-refractivity contribution in [3.63, 3.8) is 0 Å². The number of hydrogen-bond acceptors (Lipinski definition) is 4. The molecule has 0 saturated heterocycles. The van der Waals surface area contributed by atoms with Gasteiger partial charge in [-0.05, 0) is 37.9 Å². The van der Waals surface area contributed by atoms with Gasteiger partial charge in [-0.3, -0.25) is 10.1 Å². The molecular weight excluding hydrogens is 334 g/mol. The van der Waals surface area contributed by atoms with Gasteiger partial charge in [0.25, 0.3) is 0 Å². The van der Waals surface area contributed by atoms with Crippen LogP contribution in [0.3, 0.4) is 0 Å². The Kier molecular flexibility index (Phi) is 3.92. The Balaban J connectivity index is 3.56. The standard InChI is InChI=1S/C8H7Br2NO4/c1-14-5-3-4(9)6(10)7(11(12)13)8(5)15-2/h3H,1-2H3. The van der Waals surface area contributed by atoms with Crippen molar-refractivity contribution >= 4 is 37.5 Å². The zero-order chi connectivity index (χ0) is 11.6. The van der Waals surface area contributed by atoms with Crippen LogP contribution in [0, 0.1) is 10.1 Å². The number of rotatable bonds is 3. The zero-order valence-electron chi connectivity index (χ0n) is 7.91. The Hall–Kier alpha value is -0.820. The summed E-state index contributed by atoms with van der Waals surface area (Å²) in [6.07, 6.45) is 0. The molecule has 0 spiro atoms. The first-order valence-corrected chi connectivity index (χ1v) is 5.35. The Labute approximate surface area is 103 Å². The lowest BCUT2D eigenvalue weighted by molar-refractivity contribution is -0.386. The van der Waals surface area contributed by atoms with E-state index in [9.17, 15) is 10.1 Å². The van der Waals surface area contributed by atoms with E-state index in [4.69, 9.17) is 9.47 Å². The van der Waals surface area contributed by atoms with Gasteiger partial charge in [0.05, 0.1) is 19.1 Å². The summed E-state index contributed by atoms with van der Waals surface area (Å²) in [6, 6.07) is 1.59. The van der Waals surface area contributed by atoms with E-state index < -0.39 is 4.92 Å². The average Bonchev–Trinajstić information content (AvgIpc) is 2.20. The van der Waals surface area contributed by atoms with Gasteiger partial charge in [0.1, 0.15) is 4.47 Å². The van der Waals surface area contributed by atoms with Crippen LogP contribution in [0.1, 0.15) is 0 Å². The third kappa shape index (κ3) is 2.23. The van der Waals surface area contributed by atoms with Crippen molar-refractivity contribution in [1.29, 1.82) is 0 Å². The lowest BCUT2D eigenvalue weighted by Crippen LogP contribution is -1.98. The highest BCUT2D eigenvalue weighted by atomic mass is 79.9. The predicted molar refractivity (Wildman–Crippen MR) is 61.6 cm³/mol. The fourth-order valence-corrected chi connectivity index (χ4v) is 1.92.